The lowest BCUT2D eigenvalue weighted by Crippen LogP contribution is -3.00. The highest BCUT2D eigenvalue weighted by Crippen LogP contribution is 2.60. The first kappa shape index (κ1) is 47.9. The maximum absolute atomic E-state index is 13.9. The zero-order chi connectivity index (χ0) is 33.5. The summed E-state index contributed by atoms with van der Waals surface area (Å²) in [5, 5.41) is 3.17. The fraction of sp³-hybridized carbons (Fsp3) is 0.698. The molecule has 0 amide bonds. The number of hydrogen-bond donors (Lipinski definition) is 0. The van der Waals surface area contributed by atoms with Gasteiger partial charge in [-0.2, -0.15) is 0 Å². The molecule has 276 valence electrons. The topological polar surface area (TPSA) is 17.1 Å². The van der Waals surface area contributed by atoms with Crippen molar-refractivity contribution >= 4 is 30.9 Å². The lowest BCUT2D eigenvalue weighted by atomic mass is 10.0. The van der Waals surface area contributed by atoms with Gasteiger partial charge in [-0.1, -0.05) is 119 Å². The first-order valence-corrected chi connectivity index (χ1v) is 24.6. The molecule has 0 unspecified atom stereocenters. The molecule has 0 saturated carbocycles. The van der Waals surface area contributed by atoms with Crippen LogP contribution in [0.15, 0.2) is 48.5 Å². The SMILES string of the molecule is CCCCC[P+](CCCCC)(CCCCC)c1ccc(C(=O)c2ccc([P+](CCCCC)(CCCCC)CCCCC)cc2)cc1.[Br-].[Br-]. The molecule has 0 spiro atoms. The van der Waals surface area contributed by atoms with Gasteiger partial charge in [0.05, 0.1) is 47.6 Å². The van der Waals surface area contributed by atoms with Crippen molar-refractivity contribution in [3.05, 3.63) is 59.7 Å². The van der Waals surface area contributed by atoms with Crippen LogP contribution in [0.25, 0.3) is 0 Å². The van der Waals surface area contributed by atoms with Crippen LogP contribution in [-0.4, -0.2) is 42.8 Å². The van der Waals surface area contributed by atoms with Crippen molar-refractivity contribution in [3.8, 4) is 0 Å². The van der Waals surface area contributed by atoms with Crippen molar-refractivity contribution in [2.45, 2.75) is 157 Å². The number of unbranched alkanes of at least 4 members (excludes halogenated alkanes) is 12. The molecule has 0 atom stereocenters. The van der Waals surface area contributed by atoms with Gasteiger partial charge in [0, 0.05) is 25.7 Å². The van der Waals surface area contributed by atoms with Crippen molar-refractivity contribution in [2.24, 2.45) is 0 Å². The second-order valence-corrected chi connectivity index (χ2v) is 22.6. The molecule has 5 heteroatoms. The molecule has 0 bridgehead atoms. The maximum atomic E-state index is 13.9. The molecule has 2 rings (SSSR count). The number of carbonyl (C=O) groups excluding carboxylic acids is 1. The van der Waals surface area contributed by atoms with E-state index in [0.717, 1.165) is 11.1 Å². The minimum Gasteiger partial charge on any atom is -1.00 e. The Morgan fingerprint density at radius 3 is 0.771 bits per heavy atom. The molecule has 48 heavy (non-hydrogen) atoms. The Kier molecular flexibility index (Phi) is 28.5. The van der Waals surface area contributed by atoms with Gasteiger partial charge in [-0.3, -0.25) is 4.79 Å². The number of hydrogen-bond acceptors (Lipinski definition) is 1. The van der Waals surface area contributed by atoms with Gasteiger partial charge in [0.1, 0.15) is 0 Å². The average molecular weight is 829 g/mol. The summed E-state index contributed by atoms with van der Waals surface area (Å²) in [5.74, 6) is 0.192. The Labute approximate surface area is 321 Å². The van der Waals surface area contributed by atoms with E-state index in [-0.39, 0.29) is 39.7 Å². The quantitative estimate of drug-likeness (QED) is 0.0499. The van der Waals surface area contributed by atoms with Crippen LogP contribution in [0, 0.1) is 0 Å². The van der Waals surface area contributed by atoms with Crippen molar-refractivity contribution in [1.82, 2.24) is 0 Å². The van der Waals surface area contributed by atoms with Crippen LogP contribution in [0.3, 0.4) is 0 Å². The molecule has 0 saturated heterocycles. The molecule has 0 radical (unpaired) electrons. The zero-order valence-electron chi connectivity index (χ0n) is 32.1. The van der Waals surface area contributed by atoms with Gasteiger partial charge < -0.3 is 34.0 Å². The minimum atomic E-state index is -1.23. The third-order valence-electron chi connectivity index (χ3n) is 10.5. The zero-order valence-corrected chi connectivity index (χ0v) is 37.1. The standard InChI is InChI=1S/C43H74OP2.2BrH/c1-7-13-19-33-45(34-20-14-8-2,35-21-15-9-3)41-29-25-39(26-30-41)43(44)40-27-31-42(32-28-40)46(36-22-16-10-4,37-23-17-11-5)38-24-18-12-6;;/h25-32H,7-24,33-38H2,1-6H3;2*1H/q+2;;/p-2. The van der Waals surface area contributed by atoms with Gasteiger partial charge in [0.2, 0.25) is 0 Å². The normalized spacial score (nSPS) is 11.6. The Hall–Kier alpha value is -0.0700. The van der Waals surface area contributed by atoms with Crippen LogP contribution in [0.4, 0.5) is 0 Å². The molecule has 0 aliphatic heterocycles. The molecule has 0 aliphatic carbocycles. The first-order chi connectivity index (χ1) is 22.5. The fourth-order valence-electron chi connectivity index (χ4n) is 7.46. The van der Waals surface area contributed by atoms with Crippen molar-refractivity contribution in [3.63, 3.8) is 0 Å². The highest BCUT2D eigenvalue weighted by molar-refractivity contribution is 7.83. The van der Waals surface area contributed by atoms with Gasteiger partial charge in [-0.25, -0.2) is 0 Å². The van der Waals surface area contributed by atoms with Gasteiger partial charge in [0.25, 0.3) is 0 Å². The van der Waals surface area contributed by atoms with E-state index < -0.39 is 14.5 Å². The molecule has 0 heterocycles. The molecular weight excluding hydrogens is 754 g/mol. The average Bonchev–Trinajstić information content (AvgIpc) is 3.08. The van der Waals surface area contributed by atoms with Crippen molar-refractivity contribution < 1.29 is 38.8 Å². The van der Waals surface area contributed by atoms with E-state index in [1.807, 2.05) is 0 Å². The van der Waals surface area contributed by atoms with Gasteiger partial charge >= 0.3 is 0 Å². The predicted octanol–water partition coefficient (Wildman–Crippen LogP) is 7.35. The van der Waals surface area contributed by atoms with Gasteiger partial charge in [-0.05, 0) is 87.1 Å². The third kappa shape index (κ3) is 16.1. The summed E-state index contributed by atoms with van der Waals surface area (Å²) >= 11 is 0. The monoisotopic (exact) mass is 826 g/mol. The highest BCUT2D eigenvalue weighted by atomic mass is 79.9. The largest absolute Gasteiger partial charge is 1.00 e. The number of carbonyl (C=O) groups is 1. The van der Waals surface area contributed by atoms with Crippen LogP contribution in [-0.2, 0) is 0 Å². The summed E-state index contributed by atoms with van der Waals surface area (Å²) in [6.45, 7) is 14.0. The first-order valence-electron chi connectivity index (χ1n) is 19.9. The molecular formula is C43H74Br2OP2. The third-order valence-corrected chi connectivity index (χ3v) is 20.3. The fourth-order valence-corrected chi connectivity index (χ4v) is 16.9. The maximum Gasteiger partial charge on any atom is 0.193 e. The van der Waals surface area contributed by atoms with E-state index in [2.05, 4.69) is 90.1 Å². The molecule has 0 N–H and O–H groups in total. The Morgan fingerprint density at radius 1 is 0.375 bits per heavy atom. The van der Waals surface area contributed by atoms with E-state index in [0.29, 0.717) is 0 Å². The Balaban J connectivity index is 0.0000110. The van der Waals surface area contributed by atoms with Crippen molar-refractivity contribution in [2.75, 3.05) is 37.0 Å². The Morgan fingerprint density at radius 2 is 0.583 bits per heavy atom. The van der Waals surface area contributed by atoms with E-state index in [1.165, 1.54) is 153 Å². The second kappa shape index (κ2) is 28.5. The minimum absolute atomic E-state index is 0. The summed E-state index contributed by atoms with van der Waals surface area (Å²) in [5.41, 5.74) is 1.72. The highest BCUT2D eigenvalue weighted by Gasteiger charge is 2.39. The molecule has 2 aromatic carbocycles. The van der Waals surface area contributed by atoms with E-state index in [9.17, 15) is 4.79 Å². The Bertz CT molecular complexity index is 917. The summed E-state index contributed by atoms with van der Waals surface area (Å²) < 4.78 is 0. The van der Waals surface area contributed by atoms with Crippen LogP contribution in [0.1, 0.15) is 173 Å². The second-order valence-electron chi connectivity index (χ2n) is 14.3. The summed E-state index contributed by atoms with van der Waals surface area (Å²) in [4.78, 5) is 13.9. The van der Waals surface area contributed by atoms with Crippen LogP contribution < -0.4 is 44.6 Å². The van der Waals surface area contributed by atoms with E-state index >= 15 is 0 Å². The number of ketones is 1. The number of halogens is 2. The molecule has 0 aromatic heterocycles. The van der Waals surface area contributed by atoms with Crippen molar-refractivity contribution in [1.29, 1.82) is 0 Å². The lowest BCUT2D eigenvalue weighted by molar-refractivity contribution is -0.00100. The van der Waals surface area contributed by atoms with E-state index in [4.69, 9.17) is 0 Å². The molecule has 1 nitrogen and oxygen atoms in total. The van der Waals surface area contributed by atoms with Crippen LogP contribution in [0.2, 0.25) is 0 Å². The predicted molar refractivity (Wildman–Crippen MR) is 216 cm³/mol. The number of rotatable bonds is 28. The van der Waals surface area contributed by atoms with Gasteiger partial charge in [-0.15, -0.1) is 0 Å². The summed E-state index contributed by atoms with van der Waals surface area (Å²) in [6, 6.07) is 18.2. The van der Waals surface area contributed by atoms with Crippen LogP contribution >= 0.6 is 14.5 Å². The molecule has 0 fully saturated rings. The number of benzene rings is 2. The summed E-state index contributed by atoms with van der Waals surface area (Å²) in [6.07, 6.45) is 32.3. The van der Waals surface area contributed by atoms with Gasteiger partial charge in [0.15, 0.2) is 5.78 Å². The smallest absolute Gasteiger partial charge is 0.193 e. The van der Waals surface area contributed by atoms with Crippen LogP contribution in [0.5, 0.6) is 0 Å². The van der Waals surface area contributed by atoms with E-state index in [1.54, 1.807) is 10.6 Å². The lowest BCUT2D eigenvalue weighted by Gasteiger charge is -2.28. The summed E-state index contributed by atoms with van der Waals surface area (Å²) in [7, 11) is -2.46. The molecule has 2 aromatic rings. The molecule has 0 aliphatic rings.